The molecule has 0 aromatic rings. The zero-order chi connectivity index (χ0) is 10.3. The van der Waals surface area contributed by atoms with Crippen LogP contribution >= 0.6 is 0 Å². The fraction of sp³-hybridized carbons (Fsp3) is 0.700. The molecule has 2 atom stereocenters. The van der Waals surface area contributed by atoms with Gasteiger partial charge in [0.05, 0.1) is 6.04 Å². The van der Waals surface area contributed by atoms with Crippen molar-refractivity contribution in [3.05, 3.63) is 0 Å². The van der Waals surface area contributed by atoms with Gasteiger partial charge in [-0.25, -0.2) is 0 Å². The molecule has 74 valence electrons. The van der Waals surface area contributed by atoms with Crippen LogP contribution in [0.4, 0.5) is 0 Å². The van der Waals surface area contributed by atoms with Crippen molar-refractivity contribution in [1.29, 1.82) is 0 Å². The van der Waals surface area contributed by atoms with E-state index in [-0.39, 0.29) is 17.9 Å². The van der Waals surface area contributed by atoms with Gasteiger partial charge in [0.2, 0.25) is 5.91 Å². The third-order valence-electron chi connectivity index (χ3n) is 1.90. The van der Waals surface area contributed by atoms with Crippen molar-refractivity contribution in [3.8, 4) is 12.3 Å². The van der Waals surface area contributed by atoms with E-state index in [0.29, 0.717) is 6.54 Å². The van der Waals surface area contributed by atoms with E-state index in [1.54, 1.807) is 6.92 Å². The average Bonchev–Trinajstić information content (AvgIpc) is 2.13. The van der Waals surface area contributed by atoms with Crippen molar-refractivity contribution < 1.29 is 4.79 Å². The molecule has 0 aliphatic heterocycles. The maximum Gasteiger partial charge on any atom is 0.223 e. The Morgan fingerprint density at radius 1 is 1.62 bits per heavy atom. The molecule has 0 spiro atoms. The molecule has 0 bridgehead atoms. The molecule has 0 saturated carbocycles. The Labute approximate surface area is 80.1 Å². The molecular formula is C10H18N2O. The zero-order valence-corrected chi connectivity index (χ0v) is 8.34. The highest BCUT2D eigenvalue weighted by Gasteiger charge is 2.12. The van der Waals surface area contributed by atoms with Crippen molar-refractivity contribution in [3.63, 3.8) is 0 Å². The highest BCUT2D eigenvalue weighted by molar-refractivity contribution is 5.78. The summed E-state index contributed by atoms with van der Waals surface area (Å²) < 4.78 is 0. The van der Waals surface area contributed by atoms with Gasteiger partial charge in [0.25, 0.3) is 0 Å². The molecule has 0 aromatic carbocycles. The number of nitrogens with two attached hydrogens (primary N) is 1. The van der Waals surface area contributed by atoms with Gasteiger partial charge in [-0.15, -0.1) is 6.42 Å². The molecule has 1 amide bonds. The lowest BCUT2D eigenvalue weighted by Crippen LogP contribution is -2.35. The molecule has 13 heavy (non-hydrogen) atoms. The highest BCUT2D eigenvalue weighted by atomic mass is 16.1. The van der Waals surface area contributed by atoms with Crippen LogP contribution in [0.2, 0.25) is 0 Å². The minimum absolute atomic E-state index is 0.000602. The molecule has 3 N–H and O–H groups in total. The summed E-state index contributed by atoms with van der Waals surface area (Å²) in [5, 5.41) is 2.72. The van der Waals surface area contributed by atoms with Crippen LogP contribution in [0.5, 0.6) is 0 Å². The lowest BCUT2D eigenvalue weighted by atomic mass is 10.0. The van der Waals surface area contributed by atoms with Gasteiger partial charge in [-0.3, -0.25) is 4.79 Å². The number of nitrogens with one attached hydrogen (secondary N) is 1. The van der Waals surface area contributed by atoms with Crippen molar-refractivity contribution in [2.75, 3.05) is 6.54 Å². The first-order valence-corrected chi connectivity index (χ1v) is 4.58. The number of amides is 1. The quantitative estimate of drug-likeness (QED) is 0.608. The van der Waals surface area contributed by atoms with E-state index in [2.05, 4.69) is 11.2 Å². The molecule has 3 heteroatoms. The third kappa shape index (κ3) is 5.26. The molecule has 0 heterocycles. The van der Waals surface area contributed by atoms with Gasteiger partial charge in [0, 0.05) is 5.92 Å². The summed E-state index contributed by atoms with van der Waals surface area (Å²) in [6.07, 6.45) is 6.83. The van der Waals surface area contributed by atoms with E-state index in [9.17, 15) is 4.79 Å². The fourth-order valence-corrected chi connectivity index (χ4v) is 0.952. The summed E-state index contributed by atoms with van der Waals surface area (Å²) in [4.78, 5) is 11.4. The molecule has 2 unspecified atom stereocenters. The standard InChI is InChI=1S/C10H18N2O/c1-4-9(3)12-10(13)8(2)6-5-7-11/h1,8-9H,5-7,11H2,2-3H3,(H,12,13). The van der Waals surface area contributed by atoms with Crippen molar-refractivity contribution >= 4 is 5.91 Å². The van der Waals surface area contributed by atoms with E-state index in [1.807, 2.05) is 6.92 Å². The molecule has 0 fully saturated rings. The van der Waals surface area contributed by atoms with Gasteiger partial charge in [-0.05, 0) is 26.3 Å². The predicted molar refractivity (Wildman–Crippen MR) is 53.9 cm³/mol. The summed E-state index contributed by atoms with van der Waals surface area (Å²) >= 11 is 0. The lowest BCUT2D eigenvalue weighted by molar-refractivity contribution is -0.124. The van der Waals surface area contributed by atoms with Gasteiger partial charge < -0.3 is 11.1 Å². The smallest absolute Gasteiger partial charge is 0.223 e. The Balaban J connectivity index is 3.77. The SMILES string of the molecule is C#CC(C)NC(=O)C(C)CCCN. The van der Waals surface area contributed by atoms with Crippen LogP contribution in [0, 0.1) is 18.3 Å². The Morgan fingerprint density at radius 2 is 2.23 bits per heavy atom. The molecule has 3 nitrogen and oxygen atoms in total. The van der Waals surface area contributed by atoms with Gasteiger partial charge in [0.1, 0.15) is 0 Å². The first-order valence-electron chi connectivity index (χ1n) is 4.58. The highest BCUT2D eigenvalue weighted by Crippen LogP contribution is 2.04. The third-order valence-corrected chi connectivity index (χ3v) is 1.90. The van der Waals surface area contributed by atoms with E-state index in [4.69, 9.17) is 12.2 Å². The number of rotatable bonds is 5. The van der Waals surface area contributed by atoms with Gasteiger partial charge in [-0.1, -0.05) is 12.8 Å². The maximum absolute atomic E-state index is 11.4. The first-order chi connectivity index (χ1) is 6.11. The second-order valence-corrected chi connectivity index (χ2v) is 3.23. The Bertz CT molecular complexity index is 196. The molecule has 0 saturated heterocycles. The van der Waals surface area contributed by atoms with Crippen LogP contribution < -0.4 is 11.1 Å². The zero-order valence-electron chi connectivity index (χ0n) is 8.34. The predicted octanol–water partition coefficient (Wildman–Crippen LogP) is 0.499. The number of carbonyl (C=O) groups excluding carboxylic acids is 1. The number of terminal acetylenes is 1. The van der Waals surface area contributed by atoms with Crippen LogP contribution in [0.15, 0.2) is 0 Å². The Kier molecular flexibility index (Phi) is 5.99. The summed E-state index contributed by atoms with van der Waals surface area (Å²) in [5.74, 6) is 2.46. The van der Waals surface area contributed by atoms with Gasteiger partial charge >= 0.3 is 0 Å². The summed E-state index contributed by atoms with van der Waals surface area (Å²) in [6, 6.07) is -0.187. The summed E-state index contributed by atoms with van der Waals surface area (Å²) in [7, 11) is 0. The van der Waals surface area contributed by atoms with Crippen LogP contribution in [0.1, 0.15) is 26.7 Å². The van der Waals surface area contributed by atoms with Crippen molar-refractivity contribution in [1.82, 2.24) is 5.32 Å². The molecule has 0 aliphatic carbocycles. The Hall–Kier alpha value is -1.01. The van der Waals surface area contributed by atoms with E-state index < -0.39 is 0 Å². The van der Waals surface area contributed by atoms with Gasteiger partial charge in [-0.2, -0.15) is 0 Å². The fourth-order valence-electron chi connectivity index (χ4n) is 0.952. The largest absolute Gasteiger partial charge is 0.343 e. The molecular weight excluding hydrogens is 164 g/mol. The summed E-state index contributed by atoms with van der Waals surface area (Å²) in [5.41, 5.74) is 5.34. The number of hydrogen-bond acceptors (Lipinski definition) is 2. The topological polar surface area (TPSA) is 55.1 Å². The van der Waals surface area contributed by atoms with E-state index >= 15 is 0 Å². The van der Waals surface area contributed by atoms with Crippen molar-refractivity contribution in [2.45, 2.75) is 32.7 Å². The van der Waals surface area contributed by atoms with E-state index in [0.717, 1.165) is 12.8 Å². The molecule has 0 aromatic heterocycles. The number of hydrogen-bond donors (Lipinski definition) is 2. The molecule has 0 radical (unpaired) electrons. The van der Waals surface area contributed by atoms with Crippen molar-refractivity contribution in [2.24, 2.45) is 11.7 Å². The van der Waals surface area contributed by atoms with Crippen LogP contribution in [-0.2, 0) is 4.79 Å². The van der Waals surface area contributed by atoms with Gasteiger partial charge in [0.15, 0.2) is 0 Å². The lowest BCUT2D eigenvalue weighted by Gasteiger charge is -2.13. The second kappa shape index (κ2) is 6.50. The maximum atomic E-state index is 11.4. The minimum atomic E-state index is -0.187. The minimum Gasteiger partial charge on any atom is -0.343 e. The molecule has 0 aliphatic rings. The van der Waals surface area contributed by atoms with Crippen LogP contribution in [-0.4, -0.2) is 18.5 Å². The van der Waals surface area contributed by atoms with Crippen LogP contribution in [0.25, 0.3) is 0 Å². The van der Waals surface area contributed by atoms with Crippen LogP contribution in [0.3, 0.4) is 0 Å². The first kappa shape index (κ1) is 12.0. The average molecular weight is 182 g/mol. The normalized spacial score (nSPS) is 14.3. The second-order valence-electron chi connectivity index (χ2n) is 3.23. The van der Waals surface area contributed by atoms with E-state index in [1.165, 1.54) is 0 Å². The monoisotopic (exact) mass is 182 g/mol. The molecule has 0 rings (SSSR count). The Morgan fingerprint density at radius 3 is 2.69 bits per heavy atom. The summed E-state index contributed by atoms with van der Waals surface area (Å²) in [6.45, 7) is 4.30. The number of carbonyl (C=O) groups is 1.